The molecule has 0 aromatic heterocycles. The van der Waals surface area contributed by atoms with Crippen LogP contribution in [-0.2, 0) is 6.42 Å². The van der Waals surface area contributed by atoms with E-state index in [0.717, 1.165) is 31.7 Å². The average Bonchev–Trinajstić information content (AvgIpc) is 2.28. The van der Waals surface area contributed by atoms with Crippen LogP contribution in [0.3, 0.4) is 0 Å². The molecule has 0 aliphatic heterocycles. The lowest BCUT2D eigenvalue weighted by molar-refractivity contribution is 0.306. The van der Waals surface area contributed by atoms with Crippen molar-refractivity contribution in [3.8, 4) is 5.75 Å². The summed E-state index contributed by atoms with van der Waals surface area (Å²) in [6.45, 7) is 8.28. The van der Waals surface area contributed by atoms with E-state index in [9.17, 15) is 0 Å². The fraction of sp³-hybridized carbons (Fsp3) is 0.571. The second-order valence-corrected chi connectivity index (χ2v) is 4.31. The third kappa shape index (κ3) is 5.17. The van der Waals surface area contributed by atoms with Gasteiger partial charge in [0.25, 0.3) is 0 Å². The van der Waals surface area contributed by atoms with Crippen LogP contribution in [0, 0.1) is 0 Å². The molecule has 0 heterocycles. The van der Waals surface area contributed by atoms with Crippen molar-refractivity contribution in [1.82, 2.24) is 5.32 Å². The monoisotopic (exact) mass is 221 g/mol. The van der Waals surface area contributed by atoms with Crippen LogP contribution in [-0.4, -0.2) is 19.2 Å². The Labute approximate surface area is 99.0 Å². The normalized spacial score (nSPS) is 10.8. The molecule has 0 aliphatic carbocycles. The fourth-order valence-corrected chi connectivity index (χ4v) is 1.51. The minimum atomic E-state index is 0.559. The first-order valence-corrected chi connectivity index (χ1v) is 6.17. The van der Waals surface area contributed by atoms with Gasteiger partial charge in [0, 0.05) is 6.04 Å². The van der Waals surface area contributed by atoms with Crippen molar-refractivity contribution in [2.75, 3.05) is 13.2 Å². The molecule has 0 radical (unpaired) electrons. The van der Waals surface area contributed by atoms with Gasteiger partial charge in [-0.2, -0.15) is 0 Å². The molecule has 0 saturated heterocycles. The summed E-state index contributed by atoms with van der Waals surface area (Å²) in [6, 6.07) is 8.89. The van der Waals surface area contributed by atoms with Crippen LogP contribution in [0.25, 0.3) is 0 Å². The number of nitrogens with one attached hydrogen (secondary N) is 1. The third-order valence-electron chi connectivity index (χ3n) is 2.45. The van der Waals surface area contributed by atoms with Crippen LogP contribution in [0.4, 0.5) is 0 Å². The van der Waals surface area contributed by atoms with Crippen LogP contribution >= 0.6 is 0 Å². The van der Waals surface area contributed by atoms with E-state index in [1.165, 1.54) is 5.56 Å². The van der Waals surface area contributed by atoms with E-state index in [1.54, 1.807) is 0 Å². The summed E-state index contributed by atoms with van der Waals surface area (Å²) < 4.78 is 5.69. The molecule has 0 fully saturated rings. The van der Waals surface area contributed by atoms with Crippen molar-refractivity contribution in [2.24, 2.45) is 0 Å². The highest BCUT2D eigenvalue weighted by atomic mass is 16.5. The van der Waals surface area contributed by atoms with E-state index >= 15 is 0 Å². The van der Waals surface area contributed by atoms with Crippen molar-refractivity contribution in [3.05, 3.63) is 29.8 Å². The molecule has 1 N–H and O–H groups in total. The number of ether oxygens (including phenoxy) is 1. The topological polar surface area (TPSA) is 21.3 Å². The van der Waals surface area contributed by atoms with Crippen LogP contribution in [0.2, 0.25) is 0 Å². The molecule has 1 aromatic rings. The molecule has 0 saturated carbocycles. The summed E-state index contributed by atoms with van der Waals surface area (Å²) in [6.07, 6.45) is 2.11. The van der Waals surface area contributed by atoms with Crippen molar-refractivity contribution in [1.29, 1.82) is 0 Å². The lowest BCUT2D eigenvalue weighted by atomic mass is 10.2. The molecule has 0 atom stereocenters. The molecule has 2 heteroatoms. The SMILES string of the molecule is CCc1cccc(OCCCNC(C)C)c1. The van der Waals surface area contributed by atoms with E-state index in [2.05, 4.69) is 44.3 Å². The highest BCUT2D eigenvalue weighted by Gasteiger charge is 1.96. The lowest BCUT2D eigenvalue weighted by Crippen LogP contribution is -2.24. The zero-order chi connectivity index (χ0) is 11.8. The zero-order valence-corrected chi connectivity index (χ0v) is 10.6. The number of hydrogen-bond acceptors (Lipinski definition) is 2. The third-order valence-corrected chi connectivity index (χ3v) is 2.45. The van der Waals surface area contributed by atoms with E-state index in [0.29, 0.717) is 6.04 Å². The average molecular weight is 221 g/mol. The first kappa shape index (κ1) is 13.0. The molecule has 0 aliphatic rings. The summed E-state index contributed by atoms with van der Waals surface area (Å²) in [4.78, 5) is 0. The summed E-state index contributed by atoms with van der Waals surface area (Å²) in [5, 5.41) is 3.37. The Morgan fingerprint density at radius 2 is 2.12 bits per heavy atom. The van der Waals surface area contributed by atoms with Crippen LogP contribution in [0.1, 0.15) is 32.8 Å². The largest absolute Gasteiger partial charge is 0.494 e. The minimum absolute atomic E-state index is 0.559. The maximum absolute atomic E-state index is 5.69. The molecule has 0 amide bonds. The van der Waals surface area contributed by atoms with Crippen LogP contribution in [0.5, 0.6) is 5.75 Å². The second-order valence-electron chi connectivity index (χ2n) is 4.31. The highest BCUT2D eigenvalue weighted by Crippen LogP contribution is 2.13. The Morgan fingerprint density at radius 3 is 2.81 bits per heavy atom. The van der Waals surface area contributed by atoms with Gasteiger partial charge in [0.05, 0.1) is 6.61 Å². The first-order chi connectivity index (χ1) is 7.72. The predicted octanol–water partition coefficient (Wildman–Crippen LogP) is 3.02. The van der Waals surface area contributed by atoms with E-state index < -0.39 is 0 Å². The minimum Gasteiger partial charge on any atom is -0.494 e. The molecule has 16 heavy (non-hydrogen) atoms. The molecule has 0 bridgehead atoms. The molecule has 0 spiro atoms. The highest BCUT2D eigenvalue weighted by molar-refractivity contribution is 5.28. The summed E-state index contributed by atoms with van der Waals surface area (Å²) in [5.74, 6) is 0.990. The van der Waals surface area contributed by atoms with Gasteiger partial charge in [0.15, 0.2) is 0 Å². The van der Waals surface area contributed by atoms with Gasteiger partial charge in [-0.1, -0.05) is 32.9 Å². The zero-order valence-electron chi connectivity index (χ0n) is 10.6. The van der Waals surface area contributed by atoms with Crippen molar-refractivity contribution < 1.29 is 4.74 Å². The smallest absolute Gasteiger partial charge is 0.119 e. The maximum atomic E-state index is 5.69. The van der Waals surface area contributed by atoms with Gasteiger partial charge in [-0.25, -0.2) is 0 Å². The molecule has 90 valence electrons. The summed E-state index contributed by atoms with van der Waals surface area (Å²) in [5.41, 5.74) is 1.33. The van der Waals surface area contributed by atoms with Gasteiger partial charge in [0.2, 0.25) is 0 Å². The molecule has 1 aromatic carbocycles. The molecular weight excluding hydrogens is 198 g/mol. The van der Waals surface area contributed by atoms with Gasteiger partial charge in [-0.15, -0.1) is 0 Å². The van der Waals surface area contributed by atoms with Crippen molar-refractivity contribution >= 4 is 0 Å². The van der Waals surface area contributed by atoms with Gasteiger partial charge in [-0.05, 0) is 37.1 Å². The molecule has 2 nitrogen and oxygen atoms in total. The lowest BCUT2D eigenvalue weighted by Gasteiger charge is -2.09. The fourth-order valence-electron chi connectivity index (χ4n) is 1.51. The van der Waals surface area contributed by atoms with Gasteiger partial charge in [0.1, 0.15) is 5.75 Å². The Morgan fingerprint density at radius 1 is 1.31 bits per heavy atom. The van der Waals surface area contributed by atoms with E-state index in [4.69, 9.17) is 4.74 Å². The van der Waals surface area contributed by atoms with Gasteiger partial charge >= 0.3 is 0 Å². The van der Waals surface area contributed by atoms with E-state index in [1.807, 2.05) is 6.07 Å². The number of benzene rings is 1. The molecule has 0 unspecified atom stereocenters. The van der Waals surface area contributed by atoms with Crippen LogP contribution in [0.15, 0.2) is 24.3 Å². The van der Waals surface area contributed by atoms with Crippen molar-refractivity contribution in [3.63, 3.8) is 0 Å². The first-order valence-electron chi connectivity index (χ1n) is 6.17. The second kappa shape index (κ2) is 7.29. The number of hydrogen-bond donors (Lipinski definition) is 1. The standard InChI is InChI=1S/C14H23NO/c1-4-13-7-5-8-14(11-13)16-10-6-9-15-12(2)3/h5,7-8,11-12,15H,4,6,9-10H2,1-3H3. The molecular formula is C14H23NO. The number of aryl methyl sites for hydroxylation is 1. The van der Waals surface area contributed by atoms with E-state index in [-0.39, 0.29) is 0 Å². The predicted molar refractivity (Wildman–Crippen MR) is 69.1 cm³/mol. The molecule has 1 rings (SSSR count). The Kier molecular flexibility index (Phi) is 5.94. The summed E-state index contributed by atoms with van der Waals surface area (Å²) >= 11 is 0. The Balaban J connectivity index is 2.21. The quantitative estimate of drug-likeness (QED) is 0.715. The van der Waals surface area contributed by atoms with Gasteiger partial charge < -0.3 is 10.1 Å². The Bertz CT molecular complexity index is 297. The van der Waals surface area contributed by atoms with Crippen LogP contribution < -0.4 is 10.1 Å². The van der Waals surface area contributed by atoms with Gasteiger partial charge in [-0.3, -0.25) is 0 Å². The van der Waals surface area contributed by atoms with Crippen molar-refractivity contribution in [2.45, 2.75) is 39.7 Å². The summed E-state index contributed by atoms with van der Waals surface area (Å²) in [7, 11) is 0. The Hall–Kier alpha value is -1.02. The maximum Gasteiger partial charge on any atom is 0.119 e. The number of rotatable bonds is 7.